The zero-order valence-electron chi connectivity index (χ0n) is 7.50. The molecule has 3 N–H and O–H groups in total. The van der Waals surface area contributed by atoms with Crippen LogP contribution in [-0.2, 0) is 0 Å². The Morgan fingerprint density at radius 1 is 1.62 bits per heavy atom. The minimum atomic E-state index is -0.202. The Hall–Kier alpha value is -1.43. The second kappa shape index (κ2) is 5.26. The number of hydrogen-bond acceptors (Lipinski definition) is 4. The summed E-state index contributed by atoms with van der Waals surface area (Å²) < 4.78 is 0. The quantitative estimate of drug-likeness (QED) is 0.519. The summed E-state index contributed by atoms with van der Waals surface area (Å²) in [4.78, 5) is 11.2. The molecule has 1 aromatic heterocycles. The topological polar surface area (TPSA) is 82.7 Å². The van der Waals surface area contributed by atoms with Crippen LogP contribution in [0.4, 0.5) is 0 Å². The van der Waals surface area contributed by atoms with Crippen molar-refractivity contribution in [1.29, 1.82) is 0 Å². The lowest BCUT2D eigenvalue weighted by molar-refractivity contribution is 0.0949. The summed E-state index contributed by atoms with van der Waals surface area (Å²) in [7, 11) is 0. The third-order valence-corrected chi connectivity index (χ3v) is 1.48. The molecule has 1 amide bonds. The minimum Gasteiger partial charge on any atom is -0.349 e. The van der Waals surface area contributed by atoms with Gasteiger partial charge in [-0.3, -0.25) is 4.79 Å². The van der Waals surface area contributed by atoms with E-state index in [0.717, 1.165) is 13.1 Å². The van der Waals surface area contributed by atoms with Crippen molar-refractivity contribution in [2.75, 3.05) is 19.6 Å². The summed E-state index contributed by atoms with van der Waals surface area (Å²) in [6.07, 6.45) is 1.39. The summed E-state index contributed by atoms with van der Waals surface area (Å²) in [5.74, 6) is -0.202. The van der Waals surface area contributed by atoms with Crippen molar-refractivity contribution in [3.8, 4) is 0 Å². The number of rotatable bonds is 5. The van der Waals surface area contributed by atoms with Gasteiger partial charge in [0.2, 0.25) is 0 Å². The highest BCUT2D eigenvalue weighted by Crippen LogP contribution is 1.86. The Balaban J connectivity index is 2.19. The molecule has 0 atom stereocenters. The Kier molecular flexibility index (Phi) is 3.90. The number of carbonyl (C=O) groups excluding carboxylic acids is 1. The van der Waals surface area contributed by atoms with E-state index < -0.39 is 0 Å². The molecule has 0 fully saturated rings. The number of carbonyl (C=O) groups is 1. The van der Waals surface area contributed by atoms with E-state index in [2.05, 4.69) is 26.0 Å². The molecule has 1 heterocycles. The summed E-state index contributed by atoms with van der Waals surface area (Å²) >= 11 is 0. The summed E-state index contributed by atoms with van der Waals surface area (Å²) in [5.41, 5.74) is 0.316. The molecule has 0 bridgehead atoms. The van der Waals surface area contributed by atoms with Crippen LogP contribution in [0.25, 0.3) is 0 Å². The lowest BCUT2D eigenvalue weighted by atomic mass is 10.4. The van der Waals surface area contributed by atoms with Crippen LogP contribution >= 0.6 is 0 Å². The fourth-order valence-electron chi connectivity index (χ4n) is 0.843. The van der Waals surface area contributed by atoms with Crippen LogP contribution in [-0.4, -0.2) is 41.0 Å². The van der Waals surface area contributed by atoms with E-state index >= 15 is 0 Å². The molecule has 0 unspecified atom stereocenters. The second-order valence-corrected chi connectivity index (χ2v) is 2.46. The molecule has 0 spiro atoms. The van der Waals surface area contributed by atoms with Crippen molar-refractivity contribution < 1.29 is 4.79 Å². The van der Waals surface area contributed by atoms with Gasteiger partial charge in [-0.1, -0.05) is 6.92 Å². The molecule has 1 rings (SSSR count). The maximum atomic E-state index is 11.2. The number of amides is 1. The first-order valence-corrected chi connectivity index (χ1v) is 4.19. The van der Waals surface area contributed by atoms with E-state index in [1.54, 1.807) is 0 Å². The summed E-state index contributed by atoms with van der Waals surface area (Å²) in [5, 5.41) is 15.3. The van der Waals surface area contributed by atoms with Crippen molar-refractivity contribution in [3.05, 3.63) is 11.9 Å². The maximum absolute atomic E-state index is 11.2. The average Bonchev–Trinajstić information content (AvgIpc) is 2.65. The van der Waals surface area contributed by atoms with E-state index in [-0.39, 0.29) is 5.91 Å². The predicted octanol–water partition coefficient (Wildman–Crippen LogP) is -0.856. The van der Waals surface area contributed by atoms with Gasteiger partial charge in [-0.15, -0.1) is 0 Å². The summed E-state index contributed by atoms with van der Waals surface area (Å²) in [6.45, 7) is 4.28. The number of likely N-dealkylation sites (N-methyl/N-ethyl adjacent to an activating group) is 1. The van der Waals surface area contributed by atoms with Crippen molar-refractivity contribution in [2.24, 2.45) is 0 Å². The lowest BCUT2D eigenvalue weighted by Crippen LogP contribution is -2.31. The van der Waals surface area contributed by atoms with E-state index in [4.69, 9.17) is 0 Å². The fourth-order valence-corrected chi connectivity index (χ4v) is 0.843. The van der Waals surface area contributed by atoms with Gasteiger partial charge in [0.25, 0.3) is 5.91 Å². The average molecular weight is 183 g/mol. The second-order valence-electron chi connectivity index (χ2n) is 2.46. The standard InChI is InChI=1S/C7H13N5O/c1-2-8-3-4-9-7(13)6-5-10-12-11-6/h5,8H,2-4H2,1H3,(H,9,13)(H,10,11,12). The Labute approximate surface area is 76.1 Å². The van der Waals surface area contributed by atoms with E-state index in [1.807, 2.05) is 6.92 Å². The van der Waals surface area contributed by atoms with Gasteiger partial charge >= 0.3 is 0 Å². The SMILES string of the molecule is CCNCCNC(=O)c1cn[nH]n1. The van der Waals surface area contributed by atoms with Crippen molar-refractivity contribution in [3.63, 3.8) is 0 Å². The third-order valence-electron chi connectivity index (χ3n) is 1.48. The maximum Gasteiger partial charge on any atom is 0.273 e. The molecule has 0 aromatic carbocycles. The van der Waals surface area contributed by atoms with Gasteiger partial charge in [0.05, 0.1) is 6.20 Å². The molecule has 0 aliphatic carbocycles. The molecular weight excluding hydrogens is 170 g/mol. The molecular formula is C7H13N5O. The van der Waals surface area contributed by atoms with Gasteiger partial charge < -0.3 is 10.6 Å². The molecule has 13 heavy (non-hydrogen) atoms. The van der Waals surface area contributed by atoms with Crippen LogP contribution in [0, 0.1) is 0 Å². The zero-order valence-corrected chi connectivity index (χ0v) is 7.50. The number of aromatic nitrogens is 3. The van der Waals surface area contributed by atoms with Gasteiger partial charge in [-0.25, -0.2) is 0 Å². The third kappa shape index (κ3) is 3.20. The highest BCUT2D eigenvalue weighted by molar-refractivity contribution is 5.91. The number of H-pyrrole nitrogens is 1. The van der Waals surface area contributed by atoms with Gasteiger partial charge in [0.15, 0.2) is 5.69 Å². The van der Waals surface area contributed by atoms with E-state index in [1.165, 1.54) is 6.20 Å². The fraction of sp³-hybridized carbons (Fsp3) is 0.571. The van der Waals surface area contributed by atoms with Crippen LogP contribution in [0.5, 0.6) is 0 Å². The molecule has 1 aromatic rings. The highest BCUT2D eigenvalue weighted by atomic mass is 16.1. The van der Waals surface area contributed by atoms with Crippen LogP contribution in [0.2, 0.25) is 0 Å². The van der Waals surface area contributed by atoms with Crippen LogP contribution in [0.15, 0.2) is 6.20 Å². The Morgan fingerprint density at radius 3 is 3.08 bits per heavy atom. The molecule has 0 saturated heterocycles. The van der Waals surface area contributed by atoms with Gasteiger partial charge in [0.1, 0.15) is 0 Å². The van der Waals surface area contributed by atoms with Crippen LogP contribution in [0.3, 0.4) is 0 Å². The highest BCUT2D eigenvalue weighted by Gasteiger charge is 2.06. The van der Waals surface area contributed by atoms with Gasteiger partial charge in [0, 0.05) is 13.1 Å². The minimum absolute atomic E-state index is 0.202. The number of aromatic amines is 1. The zero-order chi connectivity index (χ0) is 9.52. The van der Waals surface area contributed by atoms with E-state index in [9.17, 15) is 4.79 Å². The largest absolute Gasteiger partial charge is 0.349 e. The van der Waals surface area contributed by atoms with Gasteiger partial charge in [-0.2, -0.15) is 15.4 Å². The molecule has 0 aliphatic rings. The smallest absolute Gasteiger partial charge is 0.273 e. The normalized spacial score (nSPS) is 9.92. The van der Waals surface area contributed by atoms with Crippen LogP contribution < -0.4 is 10.6 Å². The van der Waals surface area contributed by atoms with Crippen molar-refractivity contribution >= 4 is 5.91 Å². The monoisotopic (exact) mass is 183 g/mol. The molecule has 0 radical (unpaired) electrons. The lowest BCUT2D eigenvalue weighted by Gasteiger charge is -2.02. The first kappa shape index (κ1) is 9.66. The molecule has 6 nitrogen and oxygen atoms in total. The molecule has 72 valence electrons. The Morgan fingerprint density at radius 2 is 2.46 bits per heavy atom. The number of hydrogen-bond donors (Lipinski definition) is 3. The first-order chi connectivity index (χ1) is 6.34. The Bertz CT molecular complexity index is 245. The number of nitrogens with zero attached hydrogens (tertiary/aromatic N) is 2. The molecule has 0 aliphatic heterocycles. The molecule has 0 saturated carbocycles. The van der Waals surface area contributed by atoms with E-state index in [0.29, 0.717) is 12.2 Å². The van der Waals surface area contributed by atoms with Crippen LogP contribution in [0.1, 0.15) is 17.4 Å². The first-order valence-electron chi connectivity index (χ1n) is 4.19. The van der Waals surface area contributed by atoms with Crippen molar-refractivity contribution in [2.45, 2.75) is 6.92 Å². The number of nitrogens with one attached hydrogen (secondary N) is 3. The van der Waals surface area contributed by atoms with Crippen molar-refractivity contribution in [1.82, 2.24) is 26.0 Å². The summed E-state index contributed by atoms with van der Waals surface area (Å²) in [6, 6.07) is 0. The predicted molar refractivity (Wildman–Crippen MR) is 47.3 cm³/mol. The van der Waals surface area contributed by atoms with Gasteiger partial charge in [-0.05, 0) is 6.54 Å². The molecule has 6 heteroatoms.